The smallest absolute Gasteiger partial charge is 0.293 e. The molecule has 0 amide bonds. The van der Waals surface area contributed by atoms with Gasteiger partial charge in [0.2, 0.25) is 0 Å². The molecule has 0 aliphatic carbocycles. The number of nitrogens with zero attached hydrogens (tertiary/aromatic N) is 2. The first-order valence-electron chi connectivity index (χ1n) is 4.40. The van der Waals surface area contributed by atoms with Gasteiger partial charge in [0.15, 0.2) is 0 Å². The Labute approximate surface area is 97.3 Å². The fraction of sp³-hybridized carbons (Fsp3) is 0.222. The number of hydrogen-bond donors (Lipinski definition) is 2. The normalized spacial score (nSPS) is 11.3. The minimum Gasteiger partial charge on any atom is -0.383 e. The molecule has 0 bridgehead atoms. The molecule has 3 N–H and O–H groups in total. The zero-order chi connectivity index (χ0) is 12.3. The van der Waals surface area contributed by atoms with E-state index >= 15 is 0 Å². The van der Waals surface area contributed by atoms with E-state index in [-0.39, 0.29) is 17.2 Å². The summed E-state index contributed by atoms with van der Waals surface area (Å²) in [5, 5.41) is 13.8. The number of benzene rings is 1. The van der Waals surface area contributed by atoms with Gasteiger partial charge in [-0.05, 0) is 6.07 Å². The van der Waals surface area contributed by atoms with E-state index in [1.165, 1.54) is 19.2 Å². The molecule has 0 fully saturated rings. The van der Waals surface area contributed by atoms with E-state index in [1.54, 1.807) is 7.05 Å². The van der Waals surface area contributed by atoms with Crippen molar-refractivity contribution in [1.82, 2.24) is 0 Å². The molecule has 1 aromatic carbocycles. The van der Waals surface area contributed by atoms with Crippen LogP contribution in [0.5, 0.6) is 0 Å². The average molecular weight is 243 g/mol. The summed E-state index contributed by atoms with van der Waals surface area (Å²) < 4.78 is 0. The summed E-state index contributed by atoms with van der Waals surface area (Å²) in [6.07, 6.45) is 0. The third-order valence-electron chi connectivity index (χ3n) is 2.08. The number of nitro benzene ring substituents is 1. The van der Waals surface area contributed by atoms with Crippen molar-refractivity contribution >= 4 is 28.8 Å². The summed E-state index contributed by atoms with van der Waals surface area (Å²) in [5.41, 5.74) is 6.17. The fourth-order valence-corrected chi connectivity index (χ4v) is 1.59. The van der Waals surface area contributed by atoms with Crippen molar-refractivity contribution in [3.05, 3.63) is 32.8 Å². The topological polar surface area (TPSA) is 93.5 Å². The van der Waals surface area contributed by atoms with Crippen LogP contribution in [-0.2, 0) is 0 Å². The molecule has 6 nitrogen and oxygen atoms in total. The van der Waals surface area contributed by atoms with Gasteiger partial charge >= 0.3 is 0 Å². The first kappa shape index (κ1) is 12.3. The van der Waals surface area contributed by atoms with E-state index in [2.05, 4.69) is 10.3 Å². The predicted octanol–water partition coefficient (Wildman–Crippen LogP) is 1.62. The number of amidine groups is 1. The maximum Gasteiger partial charge on any atom is 0.293 e. The highest BCUT2D eigenvalue weighted by Crippen LogP contribution is 2.32. The van der Waals surface area contributed by atoms with Crippen LogP contribution in [0.25, 0.3) is 0 Å². The van der Waals surface area contributed by atoms with Gasteiger partial charge in [-0.25, -0.2) is 0 Å². The Bertz CT molecular complexity index is 459. The molecule has 1 aromatic rings. The molecule has 0 unspecified atom stereocenters. The second kappa shape index (κ2) is 4.80. The van der Waals surface area contributed by atoms with Crippen LogP contribution in [0.3, 0.4) is 0 Å². The van der Waals surface area contributed by atoms with Gasteiger partial charge in [-0.1, -0.05) is 11.6 Å². The lowest BCUT2D eigenvalue weighted by atomic mass is 10.1. The van der Waals surface area contributed by atoms with E-state index in [4.69, 9.17) is 17.3 Å². The number of hydrogen-bond acceptors (Lipinski definition) is 4. The molecule has 0 radical (unpaired) electrons. The fourth-order valence-electron chi connectivity index (χ4n) is 1.33. The summed E-state index contributed by atoms with van der Waals surface area (Å²) in [7, 11) is 3.05. The Kier molecular flexibility index (Phi) is 3.68. The molecule has 0 saturated carbocycles. The molecular weight excluding hydrogens is 232 g/mol. The van der Waals surface area contributed by atoms with E-state index in [9.17, 15) is 10.1 Å². The van der Waals surface area contributed by atoms with Crippen molar-refractivity contribution in [2.24, 2.45) is 10.7 Å². The molecule has 0 saturated heterocycles. The number of nitrogens with one attached hydrogen (secondary N) is 1. The maximum atomic E-state index is 10.8. The van der Waals surface area contributed by atoms with Crippen molar-refractivity contribution < 1.29 is 4.92 Å². The van der Waals surface area contributed by atoms with Crippen LogP contribution >= 0.6 is 11.6 Å². The lowest BCUT2D eigenvalue weighted by Crippen LogP contribution is -2.16. The van der Waals surface area contributed by atoms with E-state index in [0.717, 1.165) is 0 Å². The van der Waals surface area contributed by atoms with Gasteiger partial charge in [0.05, 0.1) is 15.5 Å². The molecule has 0 atom stereocenters. The van der Waals surface area contributed by atoms with Crippen LogP contribution in [0, 0.1) is 10.1 Å². The second-order valence-electron chi connectivity index (χ2n) is 2.93. The van der Waals surface area contributed by atoms with Gasteiger partial charge in [0, 0.05) is 20.2 Å². The van der Waals surface area contributed by atoms with Crippen LogP contribution < -0.4 is 11.1 Å². The predicted molar refractivity (Wildman–Crippen MR) is 64.3 cm³/mol. The molecule has 0 aromatic heterocycles. The van der Waals surface area contributed by atoms with E-state index in [0.29, 0.717) is 10.6 Å². The largest absolute Gasteiger partial charge is 0.383 e. The van der Waals surface area contributed by atoms with E-state index in [1.807, 2.05) is 0 Å². The molecule has 0 aliphatic heterocycles. The highest BCUT2D eigenvalue weighted by Gasteiger charge is 2.21. The van der Waals surface area contributed by atoms with E-state index < -0.39 is 4.92 Å². The van der Waals surface area contributed by atoms with Crippen molar-refractivity contribution in [1.29, 1.82) is 0 Å². The minimum atomic E-state index is -0.505. The maximum absolute atomic E-state index is 10.8. The SMILES string of the molecule is CN=C(N)c1c(Cl)ccc([N+](=O)[O-])c1NC. The zero-order valence-electron chi connectivity index (χ0n) is 8.82. The van der Waals surface area contributed by atoms with Gasteiger partial charge < -0.3 is 11.1 Å². The van der Waals surface area contributed by atoms with Crippen molar-refractivity contribution in [3.8, 4) is 0 Å². The molecular formula is C9H11ClN4O2. The summed E-state index contributed by atoms with van der Waals surface area (Å²) in [4.78, 5) is 14.1. The Morgan fingerprint density at radius 2 is 2.25 bits per heavy atom. The summed E-state index contributed by atoms with van der Waals surface area (Å²) in [6.45, 7) is 0. The average Bonchev–Trinajstić information content (AvgIpc) is 2.26. The third-order valence-corrected chi connectivity index (χ3v) is 2.39. The number of aliphatic imine (C=N–C) groups is 1. The van der Waals surface area contributed by atoms with Gasteiger partial charge in [0.25, 0.3) is 5.69 Å². The standard InChI is InChI=1S/C9H11ClN4O2/c1-12-8-6(14(15)16)4-3-5(10)7(8)9(11)13-2/h3-4,12H,1-2H3,(H2,11,13). The number of anilines is 1. The molecule has 0 heterocycles. The monoisotopic (exact) mass is 242 g/mol. The minimum absolute atomic E-state index is 0.0894. The Morgan fingerprint density at radius 1 is 1.62 bits per heavy atom. The summed E-state index contributed by atoms with van der Waals surface area (Å²) >= 11 is 5.94. The Morgan fingerprint density at radius 3 is 2.69 bits per heavy atom. The number of nitrogens with two attached hydrogens (primary N) is 1. The lowest BCUT2D eigenvalue weighted by molar-refractivity contribution is -0.383. The van der Waals surface area contributed by atoms with Crippen LogP contribution in [0.2, 0.25) is 5.02 Å². The van der Waals surface area contributed by atoms with Crippen molar-refractivity contribution in [3.63, 3.8) is 0 Å². The molecule has 0 aliphatic rings. The van der Waals surface area contributed by atoms with Gasteiger partial charge in [-0.15, -0.1) is 0 Å². The zero-order valence-corrected chi connectivity index (χ0v) is 9.58. The number of rotatable bonds is 3. The Balaban J connectivity index is 3.57. The molecule has 16 heavy (non-hydrogen) atoms. The van der Waals surface area contributed by atoms with Crippen molar-refractivity contribution in [2.45, 2.75) is 0 Å². The first-order chi connectivity index (χ1) is 7.52. The van der Waals surface area contributed by atoms with Crippen molar-refractivity contribution in [2.75, 3.05) is 19.4 Å². The summed E-state index contributed by atoms with van der Waals surface area (Å²) in [5.74, 6) is 0.151. The highest BCUT2D eigenvalue weighted by molar-refractivity contribution is 6.35. The lowest BCUT2D eigenvalue weighted by Gasteiger charge is -2.10. The second-order valence-corrected chi connectivity index (χ2v) is 3.34. The van der Waals surface area contributed by atoms with Crippen LogP contribution in [0.1, 0.15) is 5.56 Å². The molecule has 86 valence electrons. The third kappa shape index (κ3) is 2.06. The molecule has 7 heteroatoms. The van der Waals surface area contributed by atoms with Crippen LogP contribution in [0.15, 0.2) is 17.1 Å². The van der Waals surface area contributed by atoms with Gasteiger partial charge in [-0.2, -0.15) is 0 Å². The molecule has 0 spiro atoms. The van der Waals surface area contributed by atoms with Gasteiger partial charge in [0.1, 0.15) is 11.5 Å². The quantitative estimate of drug-likeness (QED) is 0.365. The number of halogens is 1. The summed E-state index contributed by atoms with van der Waals surface area (Å²) in [6, 6.07) is 2.74. The van der Waals surface area contributed by atoms with Crippen LogP contribution in [0.4, 0.5) is 11.4 Å². The molecule has 1 rings (SSSR count). The number of nitro groups is 1. The highest BCUT2D eigenvalue weighted by atomic mass is 35.5. The Hall–Kier alpha value is -1.82. The first-order valence-corrected chi connectivity index (χ1v) is 4.78. The van der Waals surface area contributed by atoms with Crippen LogP contribution in [-0.4, -0.2) is 24.9 Å². The van der Waals surface area contributed by atoms with Gasteiger partial charge in [-0.3, -0.25) is 15.1 Å².